The number of hydrogen-bond donors (Lipinski definition) is 2. The molecule has 5 heteroatoms. The first-order valence-corrected chi connectivity index (χ1v) is 8.00. The summed E-state index contributed by atoms with van der Waals surface area (Å²) in [7, 11) is 1.58. The monoisotopic (exact) mass is 292 g/mol. The van der Waals surface area contributed by atoms with Crippen LogP contribution in [0, 0.1) is 5.92 Å². The van der Waals surface area contributed by atoms with Gasteiger partial charge in [-0.05, 0) is 30.1 Å². The smallest absolute Gasteiger partial charge is 0.246 e. The Bertz CT molecular complexity index is 460. The lowest BCUT2D eigenvalue weighted by Crippen LogP contribution is -2.39. The molecule has 2 amide bonds. The fraction of sp³-hybridized carbons (Fsp3) is 0.467. The Balaban J connectivity index is 1.89. The van der Waals surface area contributed by atoms with Crippen LogP contribution in [-0.4, -0.2) is 30.4 Å². The van der Waals surface area contributed by atoms with E-state index in [9.17, 15) is 9.59 Å². The van der Waals surface area contributed by atoms with Gasteiger partial charge >= 0.3 is 0 Å². The molecule has 2 rings (SSSR count). The predicted octanol–water partition coefficient (Wildman–Crippen LogP) is 1.73. The van der Waals surface area contributed by atoms with Crippen molar-refractivity contribution in [3.8, 4) is 0 Å². The Hall–Kier alpha value is -1.49. The van der Waals surface area contributed by atoms with Gasteiger partial charge in [0.15, 0.2) is 0 Å². The second kappa shape index (κ2) is 7.33. The number of hydrogen-bond acceptors (Lipinski definition) is 3. The summed E-state index contributed by atoms with van der Waals surface area (Å²) in [5.41, 5.74) is 0.799. The number of benzene rings is 1. The molecule has 1 fully saturated rings. The molecule has 0 saturated heterocycles. The number of amides is 2. The van der Waals surface area contributed by atoms with Crippen molar-refractivity contribution in [2.45, 2.75) is 18.9 Å². The summed E-state index contributed by atoms with van der Waals surface area (Å²) >= 11 is 1.64. The molecule has 0 bridgehead atoms. The largest absolute Gasteiger partial charge is 0.357 e. The second-order valence-electron chi connectivity index (χ2n) is 4.98. The summed E-state index contributed by atoms with van der Waals surface area (Å²) < 4.78 is 0. The van der Waals surface area contributed by atoms with Crippen molar-refractivity contribution in [3.63, 3.8) is 0 Å². The molecular weight excluding hydrogens is 272 g/mol. The Kier molecular flexibility index (Phi) is 5.47. The minimum atomic E-state index is -0.616. The molecule has 0 heterocycles. The van der Waals surface area contributed by atoms with E-state index in [1.807, 2.05) is 30.3 Å². The van der Waals surface area contributed by atoms with E-state index in [0.29, 0.717) is 5.75 Å². The molecule has 1 aromatic carbocycles. The number of likely N-dealkylation sites (N-methyl/N-ethyl adjacent to an activating group) is 1. The van der Waals surface area contributed by atoms with Crippen molar-refractivity contribution in [3.05, 3.63) is 35.9 Å². The molecule has 0 aliphatic heterocycles. The van der Waals surface area contributed by atoms with Gasteiger partial charge in [-0.15, -0.1) is 0 Å². The van der Waals surface area contributed by atoms with Crippen LogP contribution < -0.4 is 10.6 Å². The molecule has 0 spiro atoms. The van der Waals surface area contributed by atoms with Crippen LogP contribution in [0.4, 0.5) is 0 Å². The topological polar surface area (TPSA) is 58.2 Å². The molecule has 0 radical (unpaired) electrons. The molecule has 1 saturated carbocycles. The van der Waals surface area contributed by atoms with Gasteiger partial charge in [-0.25, -0.2) is 0 Å². The van der Waals surface area contributed by atoms with Gasteiger partial charge in [0.1, 0.15) is 6.04 Å². The van der Waals surface area contributed by atoms with Gasteiger partial charge in [-0.1, -0.05) is 30.3 Å². The van der Waals surface area contributed by atoms with E-state index in [4.69, 9.17) is 0 Å². The summed E-state index contributed by atoms with van der Waals surface area (Å²) in [6, 6.07) is 8.68. The Labute approximate surface area is 123 Å². The zero-order chi connectivity index (χ0) is 14.4. The third kappa shape index (κ3) is 4.56. The van der Waals surface area contributed by atoms with Crippen molar-refractivity contribution >= 4 is 23.6 Å². The van der Waals surface area contributed by atoms with Gasteiger partial charge in [-0.3, -0.25) is 9.59 Å². The zero-order valence-corrected chi connectivity index (χ0v) is 12.4. The molecule has 1 atom stereocenters. The van der Waals surface area contributed by atoms with Crippen LogP contribution in [0.2, 0.25) is 0 Å². The van der Waals surface area contributed by atoms with E-state index in [0.717, 1.165) is 17.2 Å². The summed E-state index contributed by atoms with van der Waals surface area (Å²) in [6.07, 6.45) is 2.58. The fourth-order valence-electron chi connectivity index (χ4n) is 1.90. The van der Waals surface area contributed by atoms with Crippen molar-refractivity contribution in [2.75, 3.05) is 18.6 Å². The predicted molar refractivity (Wildman–Crippen MR) is 81.4 cm³/mol. The Morgan fingerprint density at radius 3 is 2.60 bits per heavy atom. The summed E-state index contributed by atoms with van der Waals surface area (Å²) in [5, 5.41) is 5.40. The average molecular weight is 292 g/mol. The highest BCUT2D eigenvalue weighted by molar-refractivity contribution is 7.99. The molecule has 1 aliphatic carbocycles. The average Bonchev–Trinajstić information content (AvgIpc) is 3.29. The lowest BCUT2D eigenvalue weighted by Gasteiger charge is -2.17. The van der Waals surface area contributed by atoms with Gasteiger partial charge in [0.2, 0.25) is 11.8 Å². The van der Waals surface area contributed by atoms with Crippen molar-refractivity contribution in [2.24, 2.45) is 5.92 Å². The van der Waals surface area contributed by atoms with E-state index in [2.05, 4.69) is 10.6 Å². The van der Waals surface area contributed by atoms with Gasteiger partial charge in [0, 0.05) is 7.05 Å². The van der Waals surface area contributed by atoms with Crippen molar-refractivity contribution < 1.29 is 9.59 Å². The molecule has 2 N–H and O–H groups in total. The Morgan fingerprint density at radius 1 is 1.30 bits per heavy atom. The Morgan fingerprint density at radius 2 is 2.00 bits per heavy atom. The second-order valence-corrected chi connectivity index (χ2v) is 6.01. The zero-order valence-electron chi connectivity index (χ0n) is 11.6. The van der Waals surface area contributed by atoms with Crippen LogP contribution in [0.5, 0.6) is 0 Å². The third-order valence-corrected chi connectivity index (χ3v) is 4.40. The van der Waals surface area contributed by atoms with Gasteiger partial charge < -0.3 is 10.6 Å². The molecule has 4 nitrogen and oxygen atoms in total. The number of rotatable bonds is 7. The minimum Gasteiger partial charge on any atom is -0.357 e. The molecule has 108 valence electrons. The van der Waals surface area contributed by atoms with E-state index in [-0.39, 0.29) is 11.8 Å². The van der Waals surface area contributed by atoms with E-state index < -0.39 is 6.04 Å². The normalized spacial score (nSPS) is 15.4. The molecule has 1 aromatic rings. The van der Waals surface area contributed by atoms with Crippen LogP contribution in [0.3, 0.4) is 0 Å². The minimum absolute atomic E-state index is 0.0897. The maximum atomic E-state index is 11.9. The van der Waals surface area contributed by atoms with Crippen molar-refractivity contribution in [1.82, 2.24) is 10.6 Å². The van der Waals surface area contributed by atoms with E-state index in [1.165, 1.54) is 12.8 Å². The summed E-state index contributed by atoms with van der Waals surface area (Å²) in [5.74, 6) is 1.97. The number of carbonyl (C=O) groups is 2. The molecular formula is C15H20N2O2S. The molecule has 0 unspecified atom stereocenters. The van der Waals surface area contributed by atoms with Crippen LogP contribution >= 0.6 is 11.8 Å². The number of nitrogens with one attached hydrogen (secondary N) is 2. The molecule has 20 heavy (non-hydrogen) atoms. The van der Waals surface area contributed by atoms with E-state index in [1.54, 1.807) is 18.8 Å². The van der Waals surface area contributed by atoms with Crippen LogP contribution in [0.1, 0.15) is 24.4 Å². The SMILES string of the molecule is CNC(=O)[C@H](NC(=O)CSCC1CC1)c1ccccc1. The molecule has 1 aliphatic rings. The lowest BCUT2D eigenvalue weighted by atomic mass is 10.1. The standard InChI is InChI=1S/C15H20N2O2S/c1-16-15(19)14(12-5-3-2-4-6-12)17-13(18)10-20-9-11-7-8-11/h2-6,11,14H,7-10H2,1H3,(H,16,19)(H,17,18)/t14-/m1/s1. The molecule has 0 aromatic heterocycles. The highest BCUT2D eigenvalue weighted by Gasteiger charge is 2.23. The van der Waals surface area contributed by atoms with Gasteiger partial charge in [0.25, 0.3) is 0 Å². The van der Waals surface area contributed by atoms with Crippen LogP contribution in [-0.2, 0) is 9.59 Å². The summed E-state index contributed by atoms with van der Waals surface area (Å²) in [6.45, 7) is 0. The quantitative estimate of drug-likeness (QED) is 0.805. The first-order valence-electron chi connectivity index (χ1n) is 6.84. The van der Waals surface area contributed by atoms with Crippen LogP contribution in [0.25, 0.3) is 0 Å². The fourth-order valence-corrected chi connectivity index (χ4v) is 2.95. The maximum Gasteiger partial charge on any atom is 0.246 e. The highest BCUT2D eigenvalue weighted by Crippen LogP contribution is 2.32. The summed E-state index contributed by atoms with van der Waals surface area (Å²) in [4.78, 5) is 23.8. The van der Waals surface area contributed by atoms with Crippen LogP contribution in [0.15, 0.2) is 30.3 Å². The van der Waals surface area contributed by atoms with Crippen molar-refractivity contribution in [1.29, 1.82) is 0 Å². The third-order valence-electron chi connectivity index (χ3n) is 3.23. The highest BCUT2D eigenvalue weighted by atomic mass is 32.2. The lowest BCUT2D eigenvalue weighted by molar-refractivity contribution is -0.127. The maximum absolute atomic E-state index is 11.9. The van der Waals surface area contributed by atoms with Gasteiger partial charge in [-0.2, -0.15) is 11.8 Å². The van der Waals surface area contributed by atoms with Gasteiger partial charge in [0.05, 0.1) is 5.75 Å². The first kappa shape index (κ1) is 14.9. The first-order chi connectivity index (χ1) is 9.70. The number of carbonyl (C=O) groups excluding carboxylic acids is 2. The van der Waals surface area contributed by atoms with E-state index >= 15 is 0 Å². The number of thioether (sulfide) groups is 1.